The van der Waals surface area contributed by atoms with Crippen molar-refractivity contribution in [1.82, 2.24) is 0 Å². The Hall–Kier alpha value is -1.76. The van der Waals surface area contributed by atoms with Crippen molar-refractivity contribution < 1.29 is 19.0 Å². The first-order valence-corrected chi connectivity index (χ1v) is 8.13. The Morgan fingerprint density at radius 2 is 2.00 bits per heavy atom. The average molecular weight is 325 g/mol. The SMILES string of the molecule is CC(C)C(=O)OCCSC(C)c1cc2c(cc1N=O)OCO2. The second-order valence-electron chi connectivity index (χ2n) is 5.19. The molecule has 0 fully saturated rings. The Morgan fingerprint density at radius 1 is 1.32 bits per heavy atom. The molecule has 0 amide bonds. The first kappa shape index (κ1) is 16.6. The van der Waals surface area contributed by atoms with Gasteiger partial charge in [0.05, 0.1) is 5.92 Å². The molecule has 1 aliphatic heterocycles. The third-order valence-corrected chi connectivity index (χ3v) is 4.38. The van der Waals surface area contributed by atoms with Crippen molar-refractivity contribution in [2.75, 3.05) is 19.2 Å². The number of nitrogens with zero attached hydrogens (tertiary/aromatic N) is 1. The lowest BCUT2D eigenvalue weighted by atomic mass is 10.1. The number of carbonyl (C=O) groups is 1. The molecule has 0 spiro atoms. The zero-order chi connectivity index (χ0) is 16.1. The highest BCUT2D eigenvalue weighted by Gasteiger charge is 2.21. The highest BCUT2D eigenvalue weighted by molar-refractivity contribution is 7.99. The van der Waals surface area contributed by atoms with Crippen LogP contribution in [0.4, 0.5) is 5.69 Å². The van der Waals surface area contributed by atoms with Gasteiger partial charge in [0, 0.05) is 17.1 Å². The molecule has 2 rings (SSSR count). The molecule has 1 aliphatic rings. The lowest BCUT2D eigenvalue weighted by Gasteiger charge is -2.14. The van der Waals surface area contributed by atoms with Crippen LogP contribution in [-0.2, 0) is 9.53 Å². The van der Waals surface area contributed by atoms with E-state index < -0.39 is 0 Å². The maximum Gasteiger partial charge on any atom is 0.308 e. The summed E-state index contributed by atoms with van der Waals surface area (Å²) in [7, 11) is 0. The van der Waals surface area contributed by atoms with Crippen molar-refractivity contribution in [1.29, 1.82) is 0 Å². The molecule has 0 radical (unpaired) electrons. The van der Waals surface area contributed by atoms with Crippen LogP contribution in [0, 0.1) is 10.8 Å². The van der Waals surface area contributed by atoms with E-state index in [0.29, 0.717) is 29.5 Å². The summed E-state index contributed by atoms with van der Waals surface area (Å²) in [4.78, 5) is 22.4. The summed E-state index contributed by atoms with van der Waals surface area (Å²) in [5.41, 5.74) is 1.14. The zero-order valence-corrected chi connectivity index (χ0v) is 13.6. The van der Waals surface area contributed by atoms with Crippen LogP contribution in [0.15, 0.2) is 17.3 Å². The van der Waals surface area contributed by atoms with Crippen LogP contribution in [0.25, 0.3) is 0 Å². The molecule has 0 N–H and O–H groups in total. The van der Waals surface area contributed by atoms with Crippen LogP contribution < -0.4 is 9.47 Å². The maximum atomic E-state index is 11.4. The van der Waals surface area contributed by atoms with Crippen LogP contribution in [0.5, 0.6) is 11.5 Å². The normalized spacial score (nSPS) is 14.0. The van der Waals surface area contributed by atoms with Gasteiger partial charge in [0.15, 0.2) is 11.5 Å². The molecule has 0 aromatic heterocycles. The summed E-state index contributed by atoms with van der Waals surface area (Å²) >= 11 is 1.59. The molecule has 1 aromatic rings. The predicted octanol–water partition coefficient (Wildman–Crippen LogP) is 3.81. The number of hydrogen-bond acceptors (Lipinski definition) is 7. The van der Waals surface area contributed by atoms with Gasteiger partial charge in [-0.1, -0.05) is 13.8 Å². The maximum absolute atomic E-state index is 11.4. The van der Waals surface area contributed by atoms with Crippen molar-refractivity contribution in [3.8, 4) is 11.5 Å². The van der Waals surface area contributed by atoms with Gasteiger partial charge in [-0.3, -0.25) is 4.79 Å². The number of nitroso groups, excluding NO2 is 1. The Labute approximate surface area is 133 Å². The second-order valence-corrected chi connectivity index (χ2v) is 6.64. The van der Waals surface area contributed by atoms with E-state index in [1.165, 1.54) is 0 Å². The topological polar surface area (TPSA) is 74.2 Å². The Kier molecular flexibility index (Phi) is 5.65. The second kappa shape index (κ2) is 7.49. The number of carbonyl (C=O) groups excluding carboxylic acids is 1. The van der Waals surface area contributed by atoms with Crippen LogP contribution in [0.2, 0.25) is 0 Å². The van der Waals surface area contributed by atoms with Gasteiger partial charge in [0.2, 0.25) is 6.79 Å². The number of esters is 1. The average Bonchev–Trinajstić information content (AvgIpc) is 2.96. The van der Waals surface area contributed by atoms with E-state index in [-0.39, 0.29) is 23.9 Å². The van der Waals surface area contributed by atoms with Gasteiger partial charge in [0.25, 0.3) is 0 Å². The van der Waals surface area contributed by atoms with E-state index in [0.717, 1.165) is 5.56 Å². The lowest BCUT2D eigenvalue weighted by Crippen LogP contribution is -2.13. The summed E-state index contributed by atoms with van der Waals surface area (Å²) < 4.78 is 15.7. The molecule has 1 aromatic carbocycles. The van der Waals surface area contributed by atoms with E-state index in [1.807, 2.05) is 6.92 Å². The summed E-state index contributed by atoms with van der Waals surface area (Å²) in [5.74, 6) is 1.49. The van der Waals surface area contributed by atoms with Gasteiger partial charge in [-0.15, -0.1) is 4.91 Å². The van der Waals surface area contributed by atoms with Crippen LogP contribution >= 0.6 is 11.8 Å². The summed E-state index contributed by atoms with van der Waals surface area (Å²) in [6.07, 6.45) is 0. The van der Waals surface area contributed by atoms with E-state index in [4.69, 9.17) is 14.2 Å². The van der Waals surface area contributed by atoms with Crippen molar-refractivity contribution in [3.05, 3.63) is 22.6 Å². The first-order chi connectivity index (χ1) is 10.5. The molecular formula is C15H19NO5S. The zero-order valence-electron chi connectivity index (χ0n) is 12.8. The van der Waals surface area contributed by atoms with Crippen molar-refractivity contribution in [3.63, 3.8) is 0 Å². The molecule has 1 atom stereocenters. The molecular weight excluding hydrogens is 306 g/mol. The molecule has 1 heterocycles. The van der Waals surface area contributed by atoms with E-state index in [1.54, 1.807) is 37.7 Å². The quantitative estimate of drug-likeness (QED) is 0.431. The smallest absolute Gasteiger partial charge is 0.308 e. The number of fused-ring (bicyclic) bond motifs is 1. The number of thioether (sulfide) groups is 1. The Bertz CT molecular complexity index is 561. The summed E-state index contributed by atoms with van der Waals surface area (Å²) in [6.45, 7) is 6.07. The number of benzene rings is 1. The minimum absolute atomic E-state index is 0.0277. The van der Waals surface area contributed by atoms with Gasteiger partial charge >= 0.3 is 5.97 Å². The number of ether oxygens (including phenoxy) is 3. The van der Waals surface area contributed by atoms with Crippen molar-refractivity contribution >= 4 is 23.4 Å². The fraction of sp³-hybridized carbons (Fsp3) is 0.533. The van der Waals surface area contributed by atoms with E-state index >= 15 is 0 Å². The van der Waals surface area contributed by atoms with Crippen molar-refractivity contribution in [2.24, 2.45) is 11.1 Å². The molecule has 0 saturated carbocycles. The summed E-state index contributed by atoms with van der Waals surface area (Å²) in [5, 5.41) is 3.09. The minimum Gasteiger partial charge on any atom is -0.465 e. The standard InChI is InChI=1S/C15H19NO5S/c1-9(2)15(17)19-4-5-22-10(3)11-6-13-14(21-8-20-13)7-12(11)16-18/h6-7,9-10H,4-5,8H2,1-3H3. The third kappa shape index (κ3) is 3.91. The Morgan fingerprint density at radius 3 is 2.64 bits per heavy atom. The highest BCUT2D eigenvalue weighted by atomic mass is 32.2. The van der Waals surface area contributed by atoms with Gasteiger partial charge in [0.1, 0.15) is 12.3 Å². The van der Waals surface area contributed by atoms with E-state index in [2.05, 4.69) is 5.18 Å². The van der Waals surface area contributed by atoms with E-state index in [9.17, 15) is 9.70 Å². The number of rotatable bonds is 7. The third-order valence-electron chi connectivity index (χ3n) is 3.23. The molecule has 22 heavy (non-hydrogen) atoms. The van der Waals surface area contributed by atoms with Gasteiger partial charge in [-0.05, 0) is 23.7 Å². The monoisotopic (exact) mass is 325 g/mol. The van der Waals surface area contributed by atoms with Crippen LogP contribution in [-0.4, -0.2) is 25.1 Å². The van der Waals surface area contributed by atoms with Gasteiger partial charge in [-0.25, -0.2) is 0 Å². The first-order valence-electron chi connectivity index (χ1n) is 7.08. The largest absolute Gasteiger partial charge is 0.465 e. The summed E-state index contributed by atoms with van der Waals surface area (Å²) in [6, 6.07) is 3.39. The van der Waals surface area contributed by atoms with Gasteiger partial charge < -0.3 is 14.2 Å². The van der Waals surface area contributed by atoms with Crippen LogP contribution in [0.1, 0.15) is 31.6 Å². The fourth-order valence-electron chi connectivity index (χ4n) is 1.98. The van der Waals surface area contributed by atoms with Crippen LogP contribution in [0.3, 0.4) is 0 Å². The van der Waals surface area contributed by atoms with Crippen molar-refractivity contribution in [2.45, 2.75) is 26.0 Å². The highest BCUT2D eigenvalue weighted by Crippen LogP contribution is 2.43. The molecule has 0 bridgehead atoms. The predicted molar refractivity (Wildman–Crippen MR) is 84.7 cm³/mol. The lowest BCUT2D eigenvalue weighted by molar-refractivity contribution is -0.146. The molecule has 0 aliphatic carbocycles. The molecule has 6 nitrogen and oxygen atoms in total. The van der Waals surface area contributed by atoms with Gasteiger partial charge in [-0.2, -0.15) is 11.8 Å². The Balaban J connectivity index is 1.93. The molecule has 7 heteroatoms. The molecule has 0 saturated heterocycles. The minimum atomic E-state index is -0.202. The molecule has 120 valence electrons. The number of hydrogen-bond donors (Lipinski definition) is 0. The molecule has 1 unspecified atom stereocenters. The fourth-order valence-corrected chi connectivity index (χ4v) is 2.88.